The van der Waals surface area contributed by atoms with Gasteiger partial charge in [-0.15, -0.1) is 0 Å². The molecule has 0 spiro atoms. The SMILES string of the molecule is Cc1cc(N(C)C)ccc1C=Cc1nc(C(Cl)(Cl)Cl)nc(C(Cl)(Cl)Cl)n1. The van der Waals surface area contributed by atoms with E-state index in [0.29, 0.717) is 0 Å². The summed E-state index contributed by atoms with van der Waals surface area (Å²) in [5.41, 5.74) is 3.14. The van der Waals surface area contributed by atoms with Gasteiger partial charge in [0, 0.05) is 19.8 Å². The minimum Gasteiger partial charge on any atom is -0.378 e. The molecule has 26 heavy (non-hydrogen) atoms. The number of hydrogen-bond donors (Lipinski definition) is 0. The summed E-state index contributed by atoms with van der Waals surface area (Å²) in [4.78, 5) is 14.2. The summed E-state index contributed by atoms with van der Waals surface area (Å²) in [7, 11) is 3.96. The molecule has 0 unspecified atom stereocenters. The van der Waals surface area contributed by atoms with Crippen molar-refractivity contribution in [1.82, 2.24) is 15.0 Å². The molecule has 10 heteroatoms. The second-order valence-corrected chi connectivity index (χ2v) is 10.2. The number of alkyl halides is 6. The van der Waals surface area contributed by atoms with E-state index in [1.54, 1.807) is 6.08 Å². The monoisotopic (exact) mass is 472 g/mol. The van der Waals surface area contributed by atoms with Gasteiger partial charge >= 0.3 is 0 Å². The van der Waals surface area contributed by atoms with Gasteiger partial charge in [0.1, 0.15) is 0 Å². The number of hydrogen-bond acceptors (Lipinski definition) is 4. The average molecular weight is 475 g/mol. The second kappa shape index (κ2) is 8.26. The van der Waals surface area contributed by atoms with Crippen LogP contribution in [0, 0.1) is 6.92 Å². The number of anilines is 1. The van der Waals surface area contributed by atoms with Crippen LogP contribution in [-0.2, 0) is 7.59 Å². The zero-order valence-electron chi connectivity index (χ0n) is 13.9. The van der Waals surface area contributed by atoms with Crippen molar-refractivity contribution >= 4 is 87.4 Å². The molecule has 0 amide bonds. The molecule has 0 N–H and O–H groups in total. The standard InChI is InChI=1S/C16H14Cl6N4/c1-9-8-11(26(2)3)6-4-10(9)5-7-12-23-13(15(17,18)19)25-14(24-12)16(20,21)22/h4-8H,1-3H3. The molecule has 0 atom stereocenters. The molecular formula is C16H14Cl6N4. The molecule has 2 rings (SSSR count). The van der Waals surface area contributed by atoms with E-state index in [4.69, 9.17) is 69.6 Å². The van der Waals surface area contributed by atoms with Crippen molar-refractivity contribution in [2.45, 2.75) is 14.5 Å². The summed E-state index contributed by atoms with van der Waals surface area (Å²) in [6, 6.07) is 6.04. The lowest BCUT2D eigenvalue weighted by Gasteiger charge is -2.15. The molecule has 0 aliphatic rings. The van der Waals surface area contributed by atoms with Gasteiger partial charge in [-0.2, -0.15) is 0 Å². The van der Waals surface area contributed by atoms with Crippen molar-refractivity contribution in [1.29, 1.82) is 0 Å². The van der Waals surface area contributed by atoms with E-state index in [1.807, 2.05) is 44.1 Å². The third-order valence-corrected chi connectivity index (χ3v) is 4.36. The molecule has 0 saturated carbocycles. The van der Waals surface area contributed by atoms with Crippen LogP contribution in [0.15, 0.2) is 18.2 Å². The Hall–Kier alpha value is -0.490. The quantitative estimate of drug-likeness (QED) is 0.506. The first-order valence-corrected chi connectivity index (χ1v) is 9.51. The van der Waals surface area contributed by atoms with Crippen LogP contribution in [0.3, 0.4) is 0 Å². The minimum absolute atomic E-state index is 0.127. The van der Waals surface area contributed by atoms with E-state index in [-0.39, 0.29) is 17.5 Å². The summed E-state index contributed by atoms with van der Waals surface area (Å²) < 4.78 is -3.75. The lowest BCUT2D eigenvalue weighted by atomic mass is 10.1. The van der Waals surface area contributed by atoms with E-state index < -0.39 is 7.59 Å². The number of aromatic nitrogens is 3. The van der Waals surface area contributed by atoms with Crippen LogP contribution in [0.1, 0.15) is 28.6 Å². The first-order valence-electron chi connectivity index (χ1n) is 7.24. The molecule has 0 fully saturated rings. The number of rotatable bonds is 3. The van der Waals surface area contributed by atoms with Gasteiger partial charge in [-0.3, -0.25) is 0 Å². The predicted octanol–water partition coefficient (Wildman–Crippen LogP) is 6.07. The first-order chi connectivity index (χ1) is 11.9. The highest BCUT2D eigenvalue weighted by Crippen LogP contribution is 2.40. The van der Waals surface area contributed by atoms with Crippen LogP contribution in [0.25, 0.3) is 12.2 Å². The topological polar surface area (TPSA) is 41.9 Å². The number of aryl methyl sites for hydroxylation is 1. The molecule has 140 valence electrons. The Labute approximate surface area is 182 Å². The van der Waals surface area contributed by atoms with Crippen molar-refractivity contribution in [2.24, 2.45) is 0 Å². The maximum atomic E-state index is 5.86. The highest BCUT2D eigenvalue weighted by molar-refractivity contribution is 6.67. The lowest BCUT2D eigenvalue weighted by Crippen LogP contribution is -2.16. The minimum atomic E-state index is -1.88. The van der Waals surface area contributed by atoms with Crippen molar-refractivity contribution in [3.8, 4) is 0 Å². The van der Waals surface area contributed by atoms with E-state index in [9.17, 15) is 0 Å². The molecule has 0 aliphatic heterocycles. The highest BCUT2D eigenvalue weighted by atomic mass is 35.6. The lowest BCUT2D eigenvalue weighted by molar-refractivity contribution is 0.835. The van der Waals surface area contributed by atoms with Crippen molar-refractivity contribution in [3.05, 3.63) is 46.8 Å². The zero-order valence-corrected chi connectivity index (χ0v) is 18.5. The largest absolute Gasteiger partial charge is 0.378 e. The normalized spacial score (nSPS) is 12.7. The summed E-state index contributed by atoms with van der Waals surface area (Å²) >= 11 is 35.2. The van der Waals surface area contributed by atoms with Gasteiger partial charge in [0.25, 0.3) is 0 Å². The zero-order chi connectivity index (χ0) is 19.7. The molecule has 1 heterocycles. The third kappa shape index (κ3) is 5.75. The smallest absolute Gasteiger partial charge is 0.250 e. The molecule has 0 aliphatic carbocycles. The van der Waals surface area contributed by atoms with Crippen LogP contribution < -0.4 is 4.90 Å². The predicted molar refractivity (Wildman–Crippen MR) is 113 cm³/mol. The summed E-state index contributed by atoms with van der Waals surface area (Å²) in [5.74, 6) is -0.0463. The fraction of sp³-hybridized carbons (Fsp3) is 0.312. The van der Waals surface area contributed by atoms with E-state index in [2.05, 4.69) is 21.0 Å². The Morgan fingerprint density at radius 1 is 0.846 bits per heavy atom. The molecule has 2 aromatic rings. The number of benzene rings is 1. The van der Waals surface area contributed by atoms with E-state index in [1.165, 1.54) is 0 Å². The maximum absolute atomic E-state index is 5.86. The van der Waals surface area contributed by atoms with Gasteiger partial charge < -0.3 is 4.90 Å². The summed E-state index contributed by atoms with van der Waals surface area (Å²) in [6.45, 7) is 2.00. The Morgan fingerprint density at radius 3 is 1.81 bits per heavy atom. The second-order valence-electron chi connectivity index (χ2n) is 5.60. The maximum Gasteiger partial charge on any atom is 0.250 e. The van der Waals surface area contributed by atoms with Crippen LogP contribution in [-0.4, -0.2) is 29.0 Å². The molecule has 0 bridgehead atoms. The molecule has 1 aromatic carbocycles. The number of halogens is 6. The van der Waals surface area contributed by atoms with Gasteiger partial charge in [-0.1, -0.05) is 81.7 Å². The molecular weight excluding hydrogens is 461 g/mol. The van der Waals surface area contributed by atoms with Crippen molar-refractivity contribution in [3.63, 3.8) is 0 Å². The van der Waals surface area contributed by atoms with Crippen molar-refractivity contribution in [2.75, 3.05) is 19.0 Å². The molecule has 0 saturated heterocycles. The van der Waals surface area contributed by atoms with Gasteiger partial charge in [0.2, 0.25) is 7.59 Å². The number of nitrogens with zero attached hydrogens (tertiary/aromatic N) is 4. The Balaban J connectivity index is 2.44. The molecule has 0 radical (unpaired) electrons. The van der Waals surface area contributed by atoms with Gasteiger partial charge in [0.15, 0.2) is 17.5 Å². The van der Waals surface area contributed by atoms with Gasteiger partial charge in [0.05, 0.1) is 0 Å². The van der Waals surface area contributed by atoms with Gasteiger partial charge in [-0.25, -0.2) is 15.0 Å². The van der Waals surface area contributed by atoms with Crippen LogP contribution in [0.4, 0.5) is 5.69 Å². The van der Waals surface area contributed by atoms with Crippen molar-refractivity contribution < 1.29 is 0 Å². The third-order valence-electron chi connectivity index (χ3n) is 3.34. The summed E-state index contributed by atoms with van der Waals surface area (Å²) in [6.07, 6.45) is 3.47. The Bertz CT molecular complexity index is 792. The average Bonchev–Trinajstić information content (AvgIpc) is 2.51. The Morgan fingerprint density at radius 2 is 1.38 bits per heavy atom. The van der Waals surface area contributed by atoms with Crippen LogP contribution in [0.5, 0.6) is 0 Å². The fourth-order valence-corrected chi connectivity index (χ4v) is 2.52. The van der Waals surface area contributed by atoms with E-state index >= 15 is 0 Å². The fourth-order valence-electron chi connectivity index (χ4n) is 2.01. The first kappa shape index (κ1) is 21.8. The summed E-state index contributed by atoms with van der Waals surface area (Å²) in [5, 5.41) is 0. The highest BCUT2D eigenvalue weighted by Gasteiger charge is 2.33. The van der Waals surface area contributed by atoms with Crippen LogP contribution >= 0.6 is 69.6 Å². The molecule has 1 aromatic heterocycles. The van der Waals surface area contributed by atoms with Crippen LogP contribution in [0.2, 0.25) is 0 Å². The van der Waals surface area contributed by atoms with Gasteiger partial charge in [-0.05, 0) is 36.3 Å². The van der Waals surface area contributed by atoms with E-state index in [0.717, 1.165) is 16.8 Å². The Kier molecular flexibility index (Phi) is 6.92. The molecule has 4 nitrogen and oxygen atoms in total.